The molecular weight excluding hydrogens is 332 g/mol. The summed E-state index contributed by atoms with van der Waals surface area (Å²) >= 11 is 1.70. The average molecular weight is 358 g/mol. The van der Waals surface area contributed by atoms with Crippen LogP contribution in [0.3, 0.4) is 0 Å². The standard InChI is InChI=1S/C16H24N2O3S2/c1-16(8-9-23(20,21)12-16)17-15(19)11-18(2)10-13-4-6-14(22-3)7-5-13/h4-7H,8-12H2,1-3H3,(H,17,19)/p+1/t16-/m0/s1. The summed E-state index contributed by atoms with van der Waals surface area (Å²) in [7, 11) is -1.04. The maximum atomic E-state index is 12.2. The van der Waals surface area contributed by atoms with Crippen molar-refractivity contribution in [1.29, 1.82) is 0 Å². The lowest BCUT2D eigenvalue weighted by molar-refractivity contribution is -0.885. The van der Waals surface area contributed by atoms with E-state index < -0.39 is 15.4 Å². The van der Waals surface area contributed by atoms with Gasteiger partial charge in [-0.15, -0.1) is 11.8 Å². The third-order valence-corrected chi connectivity index (χ3v) is 6.72. The van der Waals surface area contributed by atoms with Crippen molar-refractivity contribution in [3.63, 3.8) is 0 Å². The van der Waals surface area contributed by atoms with Gasteiger partial charge in [0.05, 0.1) is 24.1 Å². The molecule has 0 radical (unpaired) electrons. The number of hydrogen-bond donors (Lipinski definition) is 2. The number of quaternary nitrogens is 1. The topological polar surface area (TPSA) is 67.7 Å². The number of benzene rings is 1. The van der Waals surface area contributed by atoms with E-state index >= 15 is 0 Å². The van der Waals surface area contributed by atoms with Gasteiger partial charge in [-0.3, -0.25) is 4.79 Å². The Morgan fingerprint density at radius 2 is 2.00 bits per heavy atom. The molecule has 1 unspecified atom stereocenters. The van der Waals surface area contributed by atoms with E-state index in [1.807, 2.05) is 20.2 Å². The zero-order valence-corrected chi connectivity index (χ0v) is 15.5. The van der Waals surface area contributed by atoms with E-state index in [0.29, 0.717) is 13.0 Å². The van der Waals surface area contributed by atoms with Crippen molar-refractivity contribution in [2.45, 2.75) is 30.3 Å². The third kappa shape index (κ3) is 5.51. The lowest BCUT2D eigenvalue weighted by Crippen LogP contribution is -3.09. The first-order chi connectivity index (χ1) is 10.7. The van der Waals surface area contributed by atoms with E-state index in [1.54, 1.807) is 11.8 Å². The molecule has 0 aliphatic carbocycles. The molecule has 0 saturated carbocycles. The van der Waals surface area contributed by atoms with Crippen molar-refractivity contribution in [3.8, 4) is 0 Å². The first-order valence-electron chi connectivity index (χ1n) is 7.67. The molecule has 23 heavy (non-hydrogen) atoms. The second-order valence-corrected chi connectivity index (χ2v) is 9.67. The van der Waals surface area contributed by atoms with Crippen LogP contribution in [0.25, 0.3) is 0 Å². The number of carbonyl (C=O) groups excluding carboxylic acids is 1. The fourth-order valence-corrected chi connectivity index (χ4v) is 5.42. The summed E-state index contributed by atoms with van der Waals surface area (Å²) in [5, 5.41) is 2.90. The first-order valence-corrected chi connectivity index (χ1v) is 10.7. The highest BCUT2D eigenvalue weighted by Gasteiger charge is 2.39. The molecule has 0 aromatic heterocycles. The van der Waals surface area contributed by atoms with Gasteiger partial charge in [0.25, 0.3) is 5.91 Å². The van der Waals surface area contributed by atoms with Gasteiger partial charge in [-0.25, -0.2) is 8.42 Å². The van der Waals surface area contributed by atoms with Gasteiger partial charge in [-0.05, 0) is 31.7 Å². The Bertz CT molecular complexity index is 658. The molecular formula is C16H25N2O3S2+. The first kappa shape index (κ1) is 18.3. The normalized spacial score (nSPS) is 24.3. The predicted octanol–water partition coefficient (Wildman–Crippen LogP) is 0.117. The van der Waals surface area contributed by atoms with Crippen LogP contribution in [-0.4, -0.2) is 51.2 Å². The van der Waals surface area contributed by atoms with Gasteiger partial charge < -0.3 is 10.2 Å². The molecule has 0 bridgehead atoms. The maximum absolute atomic E-state index is 12.2. The van der Waals surface area contributed by atoms with Crippen LogP contribution in [0, 0.1) is 0 Å². The quantitative estimate of drug-likeness (QED) is 0.710. The Labute approximate surface area is 142 Å². The monoisotopic (exact) mass is 357 g/mol. The van der Waals surface area contributed by atoms with Crippen LogP contribution in [-0.2, 0) is 21.2 Å². The SMILES string of the molecule is CSc1ccc(C[NH+](C)CC(=O)N[C@@]2(C)CCS(=O)(=O)C2)cc1. The zero-order chi connectivity index (χ0) is 17.1. The van der Waals surface area contributed by atoms with Gasteiger partial charge in [-0.1, -0.05) is 12.1 Å². The largest absolute Gasteiger partial charge is 0.345 e. The Morgan fingerprint density at radius 1 is 1.35 bits per heavy atom. The molecule has 1 heterocycles. The Kier molecular flexibility index (Phi) is 5.75. The molecule has 2 N–H and O–H groups in total. The fraction of sp³-hybridized carbons (Fsp3) is 0.562. The minimum Gasteiger partial charge on any atom is -0.345 e. The highest BCUT2D eigenvalue weighted by molar-refractivity contribution is 7.98. The van der Waals surface area contributed by atoms with E-state index in [1.165, 1.54) is 10.5 Å². The third-order valence-electron chi connectivity index (χ3n) is 4.07. The number of sulfone groups is 1. The van der Waals surface area contributed by atoms with Crippen LogP contribution < -0.4 is 10.2 Å². The van der Waals surface area contributed by atoms with Crippen LogP contribution in [0.4, 0.5) is 0 Å². The number of hydrogen-bond acceptors (Lipinski definition) is 4. The van der Waals surface area contributed by atoms with Crippen molar-refractivity contribution in [2.75, 3.05) is 31.4 Å². The smallest absolute Gasteiger partial charge is 0.275 e. The molecule has 1 aromatic carbocycles. The molecule has 1 fully saturated rings. The van der Waals surface area contributed by atoms with Crippen LogP contribution in [0.1, 0.15) is 18.9 Å². The highest BCUT2D eigenvalue weighted by atomic mass is 32.2. The molecule has 0 spiro atoms. The van der Waals surface area contributed by atoms with Crippen molar-refractivity contribution < 1.29 is 18.1 Å². The van der Waals surface area contributed by atoms with E-state index in [4.69, 9.17) is 0 Å². The molecule has 2 rings (SSSR count). The number of likely N-dealkylation sites (N-methyl/N-ethyl adjacent to an activating group) is 1. The molecule has 1 amide bonds. The van der Waals surface area contributed by atoms with Gasteiger partial charge in [-0.2, -0.15) is 0 Å². The average Bonchev–Trinajstić information content (AvgIpc) is 2.72. The second-order valence-electron chi connectivity index (χ2n) is 6.61. The van der Waals surface area contributed by atoms with Crippen molar-refractivity contribution in [1.82, 2.24) is 5.32 Å². The molecule has 1 aliphatic rings. The van der Waals surface area contributed by atoms with Gasteiger partial charge >= 0.3 is 0 Å². The van der Waals surface area contributed by atoms with E-state index in [0.717, 1.165) is 11.4 Å². The number of nitrogens with one attached hydrogen (secondary N) is 2. The van der Waals surface area contributed by atoms with E-state index in [-0.39, 0.29) is 17.4 Å². The Hall–Kier alpha value is -1.05. The lowest BCUT2D eigenvalue weighted by atomic mass is 10.0. The van der Waals surface area contributed by atoms with Crippen LogP contribution in [0.2, 0.25) is 0 Å². The van der Waals surface area contributed by atoms with Crippen LogP contribution in [0.15, 0.2) is 29.2 Å². The Morgan fingerprint density at radius 3 is 2.52 bits per heavy atom. The minimum atomic E-state index is -3.01. The molecule has 2 atom stereocenters. The maximum Gasteiger partial charge on any atom is 0.275 e. The van der Waals surface area contributed by atoms with Gasteiger partial charge in [0, 0.05) is 10.5 Å². The summed E-state index contributed by atoms with van der Waals surface area (Å²) in [5.74, 6) is 0.109. The summed E-state index contributed by atoms with van der Waals surface area (Å²) in [6.45, 7) is 2.91. The summed E-state index contributed by atoms with van der Waals surface area (Å²) in [5.41, 5.74) is 0.568. The van der Waals surface area contributed by atoms with Gasteiger partial charge in [0.15, 0.2) is 16.4 Å². The molecule has 1 aliphatic heterocycles. The van der Waals surface area contributed by atoms with Gasteiger partial charge in [0.2, 0.25) is 0 Å². The van der Waals surface area contributed by atoms with E-state index in [2.05, 4.69) is 29.6 Å². The summed E-state index contributed by atoms with van der Waals surface area (Å²) in [6, 6.07) is 8.33. The number of carbonyl (C=O) groups is 1. The molecule has 1 aromatic rings. The molecule has 128 valence electrons. The van der Waals surface area contributed by atoms with Crippen LogP contribution in [0.5, 0.6) is 0 Å². The van der Waals surface area contributed by atoms with E-state index in [9.17, 15) is 13.2 Å². The Balaban J connectivity index is 1.84. The number of rotatable bonds is 6. The van der Waals surface area contributed by atoms with Gasteiger partial charge in [0.1, 0.15) is 6.54 Å². The molecule has 1 saturated heterocycles. The predicted molar refractivity (Wildman–Crippen MR) is 93.5 cm³/mol. The lowest BCUT2D eigenvalue weighted by Gasteiger charge is -2.24. The number of amides is 1. The fourth-order valence-electron chi connectivity index (χ4n) is 2.92. The van der Waals surface area contributed by atoms with Crippen molar-refractivity contribution >= 4 is 27.5 Å². The zero-order valence-electron chi connectivity index (χ0n) is 13.9. The highest BCUT2D eigenvalue weighted by Crippen LogP contribution is 2.22. The molecule has 7 heteroatoms. The summed E-state index contributed by atoms with van der Waals surface area (Å²) in [4.78, 5) is 14.5. The second kappa shape index (κ2) is 7.23. The number of thioether (sulfide) groups is 1. The summed E-state index contributed by atoms with van der Waals surface area (Å²) in [6.07, 6.45) is 2.54. The van der Waals surface area contributed by atoms with Crippen molar-refractivity contribution in [3.05, 3.63) is 29.8 Å². The molecule has 5 nitrogen and oxygen atoms in total. The van der Waals surface area contributed by atoms with Crippen molar-refractivity contribution in [2.24, 2.45) is 0 Å². The minimum absolute atomic E-state index is 0.0426. The van der Waals surface area contributed by atoms with Crippen LogP contribution >= 0.6 is 11.8 Å². The summed E-state index contributed by atoms with van der Waals surface area (Å²) < 4.78 is 23.2.